The number of nitrogens with zero attached hydrogens (tertiary/aromatic N) is 2. The van der Waals surface area contributed by atoms with Crippen molar-refractivity contribution in [3.63, 3.8) is 0 Å². The minimum Gasteiger partial charge on any atom is -0.381 e. The molecule has 0 atom stereocenters. The number of rotatable bonds is 7. The van der Waals surface area contributed by atoms with Gasteiger partial charge in [0.1, 0.15) is 0 Å². The van der Waals surface area contributed by atoms with E-state index < -0.39 is 0 Å². The van der Waals surface area contributed by atoms with Gasteiger partial charge in [-0.3, -0.25) is 4.99 Å². The zero-order valence-corrected chi connectivity index (χ0v) is 18.8. The van der Waals surface area contributed by atoms with Gasteiger partial charge >= 0.3 is 0 Å². The van der Waals surface area contributed by atoms with Crippen LogP contribution in [-0.2, 0) is 10.2 Å². The fourth-order valence-corrected chi connectivity index (χ4v) is 3.68. The lowest BCUT2D eigenvalue weighted by molar-refractivity contribution is 0.0510. The third-order valence-electron chi connectivity index (χ3n) is 5.23. The molecule has 146 valence electrons. The molecule has 0 radical (unpaired) electrons. The van der Waals surface area contributed by atoms with Gasteiger partial charge in [0, 0.05) is 45.8 Å². The second kappa shape index (κ2) is 11.6. The number of aliphatic imine (C=N–C) groups is 1. The normalized spacial score (nSPS) is 16.5. The molecule has 26 heavy (non-hydrogen) atoms. The van der Waals surface area contributed by atoms with Crippen LogP contribution in [0.4, 0.5) is 0 Å². The van der Waals surface area contributed by atoms with E-state index in [4.69, 9.17) is 4.74 Å². The van der Waals surface area contributed by atoms with E-state index in [0.29, 0.717) is 0 Å². The zero-order valence-electron chi connectivity index (χ0n) is 16.5. The first-order valence-corrected chi connectivity index (χ1v) is 9.29. The maximum Gasteiger partial charge on any atom is 0.193 e. The lowest BCUT2D eigenvalue weighted by atomic mass is 9.72. The van der Waals surface area contributed by atoms with Crippen LogP contribution >= 0.6 is 24.0 Å². The first-order chi connectivity index (χ1) is 12.1. The van der Waals surface area contributed by atoms with Gasteiger partial charge in [-0.2, -0.15) is 0 Å². The number of hydrogen-bond donors (Lipinski definition) is 1. The number of allylic oxidation sites excluding steroid dienone is 1. The summed E-state index contributed by atoms with van der Waals surface area (Å²) in [6, 6.07) is 8.75. The van der Waals surface area contributed by atoms with Gasteiger partial charge in [-0.15, -0.1) is 30.6 Å². The molecule has 1 aliphatic rings. The molecule has 1 aromatic carbocycles. The first kappa shape index (κ1) is 23.0. The highest BCUT2D eigenvalue weighted by molar-refractivity contribution is 14.0. The molecule has 0 bridgehead atoms. The molecule has 1 saturated heterocycles. The van der Waals surface area contributed by atoms with E-state index >= 15 is 0 Å². The van der Waals surface area contributed by atoms with E-state index in [1.54, 1.807) is 0 Å². The van der Waals surface area contributed by atoms with Gasteiger partial charge in [0.25, 0.3) is 0 Å². The van der Waals surface area contributed by atoms with Crippen molar-refractivity contribution in [2.45, 2.75) is 38.0 Å². The predicted molar refractivity (Wildman–Crippen MR) is 122 cm³/mol. The lowest BCUT2D eigenvalue weighted by Crippen LogP contribution is -2.48. The Morgan fingerprint density at radius 2 is 2.04 bits per heavy atom. The molecule has 0 unspecified atom stereocenters. The summed E-state index contributed by atoms with van der Waals surface area (Å²) in [4.78, 5) is 6.68. The minimum atomic E-state index is 0. The van der Waals surface area contributed by atoms with Gasteiger partial charge in [-0.25, -0.2) is 0 Å². The Labute approximate surface area is 176 Å². The summed E-state index contributed by atoms with van der Waals surface area (Å²) >= 11 is 0. The van der Waals surface area contributed by atoms with Crippen molar-refractivity contribution in [1.29, 1.82) is 0 Å². The molecule has 0 saturated carbocycles. The van der Waals surface area contributed by atoms with Crippen LogP contribution in [0.3, 0.4) is 0 Å². The molecule has 1 fully saturated rings. The number of ether oxygens (including phenoxy) is 1. The number of benzene rings is 1. The van der Waals surface area contributed by atoms with Crippen LogP contribution in [0.5, 0.6) is 0 Å². The number of guanidine groups is 1. The van der Waals surface area contributed by atoms with Gasteiger partial charge in [-0.05, 0) is 43.7 Å². The van der Waals surface area contributed by atoms with E-state index in [-0.39, 0.29) is 29.4 Å². The molecule has 0 amide bonds. The largest absolute Gasteiger partial charge is 0.381 e. The molecule has 1 N–H and O–H groups in total. The molecule has 4 nitrogen and oxygen atoms in total. The summed E-state index contributed by atoms with van der Waals surface area (Å²) in [5.41, 5.74) is 2.91. The van der Waals surface area contributed by atoms with Gasteiger partial charge in [0.2, 0.25) is 0 Å². The van der Waals surface area contributed by atoms with Gasteiger partial charge in [0.15, 0.2) is 5.96 Å². The van der Waals surface area contributed by atoms with Crippen molar-refractivity contribution in [3.8, 4) is 0 Å². The Balaban J connectivity index is 0.00000338. The Kier molecular flexibility index (Phi) is 10.2. The Bertz CT molecular complexity index is 582. The van der Waals surface area contributed by atoms with Gasteiger partial charge in [0.05, 0.1) is 0 Å². The van der Waals surface area contributed by atoms with E-state index in [1.165, 1.54) is 11.1 Å². The summed E-state index contributed by atoms with van der Waals surface area (Å²) in [6.45, 7) is 9.52. The average molecular weight is 471 g/mol. The highest BCUT2D eigenvalue weighted by atomic mass is 127. The second-order valence-corrected chi connectivity index (χ2v) is 6.96. The molecule has 0 aliphatic carbocycles. The van der Waals surface area contributed by atoms with Crippen LogP contribution in [-0.4, -0.2) is 51.3 Å². The molecular formula is C21H34IN3O. The predicted octanol–water partition coefficient (Wildman–Crippen LogP) is 4.13. The number of aryl methyl sites for hydroxylation is 1. The van der Waals surface area contributed by atoms with E-state index in [9.17, 15) is 0 Å². The fraction of sp³-hybridized carbons (Fsp3) is 0.571. The highest BCUT2D eigenvalue weighted by Crippen LogP contribution is 2.36. The fourth-order valence-electron chi connectivity index (χ4n) is 3.68. The molecule has 1 aliphatic heterocycles. The van der Waals surface area contributed by atoms with Crippen LogP contribution < -0.4 is 5.32 Å². The molecule has 0 spiro atoms. The molecule has 2 rings (SSSR count). The molecule has 1 heterocycles. The van der Waals surface area contributed by atoms with Crippen LogP contribution in [0.25, 0.3) is 0 Å². The van der Waals surface area contributed by atoms with Crippen molar-refractivity contribution in [2.24, 2.45) is 4.99 Å². The van der Waals surface area contributed by atoms with E-state index in [2.05, 4.69) is 60.0 Å². The van der Waals surface area contributed by atoms with Crippen molar-refractivity contribution < 1.29 is 4.74 Å². The monoisotopic (exact) mass is 471 g/mol. The zero-order chi connectivity index (χ0) is 18.1. The Morgan fingerprint density at radius 3 is 2.65 bits per heavy atom. The Morgan fingerprint density at radius 1 is 1.35 bits per heavy atom. The quantitative estimate of drug-likeness (QED) is 0.214. The van der Waals surface area contributed by atoms with Crippen molar-refractivity contribution in [3.05, 3.63) is 48.0 Å². The Hall–Kier alpha value is -1.08. The number of hydrogen-bond acceptors (Lipinski definition) is 2. The lowest BCUT2D eigenvalue weighted by Gasteiger charge is -2.39. The summed E-state index contributed by atoms with van der Waals surface area (Å²) in [7, 11) is 3.96. The van der Waals surface area contributed by atoms with Crippen LogP contribution in [0, 0.1) is 6.92 Å². The van der Waals surface area contributed by atoms with Gasteiger partial charge in [-0.1, -0.05) is 30.3 Å². The topological polar surface area (TPSA) is 36.9 Å². The maximum atomic E-state index is 5.65. The molecule has 5 heteroatoms. The molecule has 0 aromatic heterocycles. The molecule has 1 aromatic rings. The molecular weight excluding hydrogens is 437 g/mol. The number of halogens is 1. The van der Waals surface area contributed by atoms with Crippen LogP contribution in [0.2, 0.25) is 0 Å². The second-order valence-electron chi connectivity index (χ2n) is 6.96. The van der Waals surface area contributed by atoms with Crippen molar-refractivity contribution in [2.75, 3.05) is 40.4 Å². The summed E-state index contributed by atoms with van der Waals surface area (Å²) in [5.74, 6) is 0.962. The van der Waals surface area contributed by atoms with E-state index in [1.807, 2.05) is 13.1 Å². The highest BCUT2D eigenvalue weighted by Gasteiger charge is 2.35. The van der Waals surface area contributed by atoms with Crippen molar-refractivity contribution in [1.82, 2.24) is 10.2 Å². The summed E-state index contributed by atoms with van der Waals surface area (Å²) in [6.07, 6.45) is 6.19. The van der Waals surface area contributed by atoms with Crippen molar-refractivity contribution >= 4 is 29.9 Å². The van der Waals surface area contributed by atoms with E-state index in [0.717, 1.165) is 57.9 Å². The first-order valence-electron chi connectivity index (χ1n) is 9.29. The standard InChI is InChI=1S/C21H33N3O.HI/c1-5-6-9-14-24(4)20(22-3)23-17-21(12-15-25-16-13-21)19-11-8-7-10-18(19)2;/h5,7-8,10-11H,1,6,9,12-17H2,2-4H3,(H,22,23);1H. The minimum absolute atomic E-state index is 0. The van der Waals surface area contributed by atoms with Gasteiger partial charge < -0.3 is 15.0 Å². The average Bonchev–Trinajstić information content (AvgIpc) is 2.63. The summed E-state index contributed by atoms with van der Waals surface area (Å²) < 4.78 is 5.65. The SMILES string of the molecule is C=CCCCN(C)C(=NC)NCC1(c2ccccc2C)CCOCC1.I. The smallest absolute Gasteiger partial charge is 0.193 e. The van der Waals surface area contributed by atoms with Crippen LogP contribution in [0.15, 0.2) is 41.9 Å². The number of unbranched alkanes of at least 4 members (excludes halogenated alkanes) is 1. The third kappa shape index (κ3) is 5.98. The third-order valence-corrected chi connectivity index (χ3v) is 5.23. The number of nitrogens with one attached hydrogen (secondary N) is 1. The summed E-state index contributed by atoms with van der Waals surface area (Å²) in [5, 5.41) is 3.63. The van der Waals surface area contributed by atoms with Crippen LogP contribution in [0.1, 0.15) is 36.8 Å². The maximum absolute atomic E-state index is 5.65.